The summed E-state index contributed by atoms with van der Waals surface area (Å²) in [7, 11) is -2.81. The standard InChI is InChI=1S/C12H11FN2O4S2/c1-19-11(16)6-8-7-20-12(14-8)15-21(17,18)10-5-3-2-4-9(10)13/h2-5,7H,6H2,1H3,(H,14,15). The SMILES string of the molecule is COC(=O)Cc1csc(NS(=O)(=O)c2ccccc2F)n1. The molecule has 0 atom stereocenters. The molecule has 112 valence electrons. The van der Waals surface area contributed by atoms with Crippen LogP contribution in [0.5, 0.6) is 0 Å². The van der Waals surface area contributed by atoms with Crippen LogP contribution in [0.1, 0.15) is 5.69 Å². The van der Waals surface area contributed by atoms with Gasteiger partial charge in [-0.3, -0.25) is 9.52 Å². The summed E-state index contributed by atoms with van der Waals surface area (Å²) < 4.78 is 44.2. The van der Waals surface area contributed by atoms with E-state index in [2.05, 4.69) is 14.4 Å². The highest BCUT2D eigenvalue weighted by Gasteiger charge is 2.20. The number of methoxy groups -OCH3 is 1. The van der Waals surface area contributed by atoms with Gasteiger partial charge in [0, 0.05) is 5.38 Å². The van der Waals surface area contributed by atoms with Crippen molar-refractivity contribution in [3.05, 3.63) is 41.2 Å². The summed E-state index contributed by atoms with van der Waals surface area (Å²) in [6.07, 6.45) is -0.0611. The zero-order chi connectivity index (χ0) is 15.5. The van der Waals surface area contributed by atoms with Crippen molar-refractivity contribution in [1.82, 2.24) is 4.98 Å². The number of rotatable bonds is 5. The molecule has 0 aliphatic heterocycles. The van der Waals surface area contributed by atoms with Crippen LogP contribution in [-0.4, -0.2) is 26.5 Å². The maximum absolute atomic E-state index is 13.5. The fourth-order valence-corrected chi connectivity index (χ4v) is 3.53. The van der Waals surface area contributed by atoms with Crippen LogP contribution in [0.15, 0.2) is 34.5 Å². The molecular weight excluding hydrogens is 319 g/mol. The van der Waals surface area contributed by atoms with Crippen molar-refractivity contribution >= 4 is 32.5 Å². The van der Waals surface area contributed by atoms with Crippen molar-refractivity contribution < 1.29 is 22.3 Å². The second kappa shape index (κ2) is 6.19. The zero-order valence-electron chi connectivity index (χ0n) is 10.9. The van der Waals surface area contributed by atoms with E-state index < -0.39 is 26.7 Å². The number of nitrogens with one attached hydrogen (secondary N) is 1. The van der Waals surface area contributed by atoms with Gasteiger partial charge in [-0.1, -0.05) is 12.1 Å². The molecular formula is C12H11FN2O4S2. The van der Waals surface area contributed by atoms with Gasteiger partial charge in [0.2, 0.25) is 0 Å². The van der Waals surface area contributed by atoms with E-state index in [9.17, 15) is 17.6 Å². The highest BCUT2D eigenvalue weighted by molar-refractivity contribution is 7.93. The van der Waals surface area contributed by atoms with E-state index in [1.807, 2.05) is 0 Å². The summed E-state index contributed by atoms with van der Waals surface area (Å²) in [5.74, 6) is -1.33. The minimum Gasteiger partial charge on any atom is -0.469 e. The number of carbonyl (C=O) groups is 1. The Balaban J connectivity index is 2.18. The van der Waals surface area contributed by atoms with Crippen molar-refractivity contribution in [3.8, 4) is 0 Å². The molecule has 0 unspecified atom stereocenters. The first-order chi connectivity index (χ1) is 9.92. The zero-order valence-corrected chi connectivity index (χ0v) is 12.5. The molecule has 6 nitrogen and oxygen atoms in total. The Morgan fingerprint density at radius 3 is 2.81 bits per heavy atom. The molecule has 1 heterocycles. The van der Waals surface area contributed by atoms with Crippen LogP contribution in [-0.2, 0) is 26.0 Å². The van der Waals surface area contributed by atoms with Crippen molar-refractivity contribution in [2.75, 3.05) is 11.8 Å². The van der Waals surface area contributed by atoms with Gasteiger partial charge in [0.05, 0.1) is 19.2 Å². The molecule has 0 fully saturated rings. The summed E-state index contributed by atoms with van der Waals surface area (Å²) >= 11 is 0.998. The van der Waals surface area contributed by atoms with Crippen LogP contribution in [0.4, 0.5) is 9.52 Å². The topological polar surface area (TPSA) is 85.4 Å². The number of benzene rings is 1. The Hall–Kier alpha value is -2.00. The summed E-state index contributed by atoms with van der Waals surface area (Å²) in [5.41, 5.74) is 0.373. The molecule has 0 aliphatic carbocycles. The normalized spacial score (nSPS) is 11.1. The van der Waals surface area contributed by atoms with Crippen molar-refractivity contribution in [2.24, 2.45) is 0 Å². The number of carbonyl (C=O) groups excluding carboxylic acids is 1. The fraction of sp³-hybridized carbons (Fsp3) is 0.167. The highest BCUT2D eigenvalue weighted by atomic mass is 32.2. The molecule has 1 aromatic carbocycles. The summed E-state index contributed by atoms with van der Waals surface area (Å²) in [5, 5.41) is 1.58. The van der Waals surface area contributed by atoms with E-state index in [1.165, 1.54) is 24.6 Å². The van der Waals surface area contributed by atoms with Gasteiger partial charge in [-0.2, -0.15) is 0 Å². The number of thiazole rings is 1. The van der Waals surface area contributed by atoms with Gasteiger partial charge < -0.3 is 4.74 Å². The maximum atomic E-state index is 13.5. The van der Waals surface area contributed by atoms with E-state index in [4.69, 9.17) is 0 Å². The number of nitrogens with zero attached hydrogens (tertiary/aromatic N) is 1. The van der Waals surface area contributed by atoms with Crippen LogP contribution in [0.2, 0.25) is 0 Å². The molecule has 1 aromatic heterocycles. The van der Waals surface area contributed by atoms with Crippen LogP contribution in [0.3, 0.4) is 0 Å². The number of esters is 1. The Morgan fingerprint density at radius 1 is 1.43 bits per heavy atom. The number of hydrogen-bond donors (Lipinski definition) is 1. The summed E-state index contributed by atoms with van der Waals surface area (Å²) in [6.45, 7) is 0. The van der Waals surface area contributed by atoms with E-state index in [1.54, 1.807) is 0 Å². The van der Waals surface area contributed by atoms with Crippen molar-refractivity contribution in [3.63, 3.8) is 0 Å². The highest BCUT2D eigenvalue weighted by Crippen LogP contribution is 2.21. The first kappa shape index (κ1) is 15.4. The molecule has 0 spiro atoms. The number of halogens is 1. The molecule has 9 heteroatoms. The third kappa shape index (κ3) is 3.76. The molecule has 0 radical (unpaired) electrons. The molecule has 0 bridgehead atoms. The predicted octanol–water partition coefficient (Wildman–Crippen LogP) is 1.80. The Labute approximate surface area is 124 Å². The van der Waals surface area contributed by atoms with Gasteiger partial charge >= 0.3 is 5.97 Å². The summed E-state index contributed by atoms with van der Waals surface area (Å²) in [6, 6.07) is 5.02. The van der Waals surface area contributed by atoms with E-state index in [0.29, 0.717) is 5.69 Å². The monoisotopic (exact) mass is 330 g/mol. The minimum atomic E-state index is -4.06. The fourth-order valence-electron chi connectivity index (χ4n) is 1.49. The Morgan fingerprint density at radius 2 is 2.14 bits per heavy atom. The Kier molecular flexibility index (Phi) is 4.53. The molecule has 2 aromatic rings. The largest absolute Gasteiger partial charge is 0.469 e. The first-order valence-electron chi connectivity index (χ1n) is 5.71. The van der Waals surface area contributed by atoms with Crippen molar-refractivity contribution in [1.29, 1.82) is 0 Å². The van der Waals surface area contributed by atoms with Crippen LogP contribution >= 0.6 is 11.3 Å². The lowest BCUT2D eigenvalue weighted by Crippen LogP contribution is -2.14. The van der Waals surface area contributed by atoms with E-state index >= 15 is 0 Å². The second-order valence-electron chi connectivity index (χ2n) is 3.93. The van der Waals surface area contributed by atoms with Crippen LogP contribution < -0.4 is 4.72 Å². The maximum Gasteiger partial charge on any atom is 0.311 e. The first-order valence-corrected chi connectivity index (χ1v) is 8.07. The van der Waals surface area contributed by atoms with Gasteiger partial charge in [-0.05, 0) is 12.1 Å². The number of ether oxygens (including phenoxy) is 1. The van der Waals surface area contributed by atoms with Gasteiger partial charge in [-0.15, -0.1) is 11.3 Å². The minimum absolute atomic E-state index is 0.0529. The van der Waals surface area contributed by atoms with Crippen LogP contribution in [0, 0.1) is 5.82 Å². The van der Waals surface area contributed by atoms with E-state index in [-0.39, 0.29) is 11.6 Å². The van der Waals surface area contributed by atoms with Gasteiger partial charge in [0.25, 0.3) is 10.0 Å². The van der Waals surface area contributed by atoms with Gasteiger partial charge in [0.1, 0.15) is 10.7 Å². The molecule has 0 amide bonds. The third-order valence-electron chi connectivity index (χ3n) is 2.45. The summed E-state index contributed by atoms with van der Waals surface area (Å²) in [4.78, 5) is 14.6. The lowest BCUT2D eigenvalue weighted by atomic mass is 10.3. The molecule has 1 N–H and O–H groups in total. The predicted molar refractivity (Wildman–Crippen MR) is 75.0 cm³/mol. The molecule has 0 saturated carbocycles. The molecule has 2 rings (SSSR count). The van der Waals surface area contributed by atoms with Crippen LogP contribution in [0.25, 0.3) is 0 Å². The Bertz CT molecular complexity index is 758. The average molecular weight is 330 g/mol. The molecule has 0 aliphatic rings. The molecule has 21 heavy (non-hydrogen) atoms. The number of anilines is 1. The van der Waals surface area contributed by atoms with Crippen molar-refractivity contribution in [2.45, 2.75) is 11.3 Å². The number of hydrogen-bond acceptors (Lipinski definition) is 6. The lowest BCUT2D eigenvalue weighted by molar-refractivity contribution is -0.139. The van der Waals surface area contributed by atoms with E-state index in [0.717, 1.165) is 23.5 Å². The molecule has 0 saturated heterocycles. The number of sulfonamides is 1. The lowest BCUT2D eigenvalue weighted by Gasteiger charge is -2.05. The van der Waals surface area contributed by atoms with Gasteiger partial charge in [-0.25, -0.2) is 17.8 Å². The number of aromatic nitrogens is 1. The second-order valence-corrected chi connectivity index (χ2v) is 6.44. The smallest absolute Gasteiger partial charge is 0.311 e. The average Bonchev–Trinajstić information content (AvgIpc) is 2.85. The third-order valence-corrected chi connectivity index (χ3v) is 4.76. The van der Waals surface area contributed by atoms with Gasteiger partial charge in [0.15, 0.2) is 5.13 Å². The quantitative estimate of drug-likeness (QED) is 0.845.